The van der Waals surface area contributed by atoms with Crippen molar-refractivity contribution in [2.24, 2.45) is 5.92 Å². The topological polar surface area (TPSA) is 17.1 Å². The van der Waals surface area contributed by atoms with Crippen molar-refractivity contribution in [2.75, 3.05) is 0 Å². The van der Waals surface area contributed by atoms with Gasteiger partial charge in [-0.3, -0.25) is 4.79 Å². The Morgan fingerprint density at radius 2 is 1.69 bits per heavy atom. The third kappa shape index (κ3) is 3.19. The monoisotopic (exact) mass is 218 g/mol. The van der Waals surface area contributed by atoms with Gasteiger partial charge in [0.2, 0.25) is 0 Å². The van der Waals surface area contributed by atoms with Crippen molar-refractivity contribution in [1.29, 1.82) is 0 Å². The fraction of sp³-hybridized carbons (Fsp3) is 0.533. The summed E-state index contributed by atoms with van der Waals surface area (Å²) in [5.41, 5.74) is 2.14. The van der Waals surface area contributed by atoms with E-state index in [1.54, 1.807) is 0 Å². The highest BCUT2D eigenvalue weighted by molar-refractivity contribution is 5.97. The van der Waals surface area contributed by atoms with Crippen molar-refractivity contribution in [1.82, 2.24) is 0 Å². The smallest absolute Gasteiger partial charge is 0.165 e. The number of benzene rings is 1. The van der Waals surface area contributed by atoms with Gasteiger partial charge in [-0.15, -0.1) is 0 Å². The summed E-state index contributed by atoms with van der Waals surface area (Å²) in [5.74, 6) is 0.948. The Morgan fingerprint density at radius 1 is 1.12 bits per heavy atom. The molecule has 88 valence electrons. The molecule has 1 aromatic rings. The van der Waals surface area contributed by atoms with Gasteiger partial charge in [-0.1, -0.05) is 58.4 Å². The SMILES string of the molecule is CCCC(C)C(=O)c1ccc(C(C)C)cc1. The lowest BCUT2D eigenvalue weighted by Gasteiger charge is -2.10. The fourth-order valence-corrected chi connectivity index (χ4v) is 1.88. The maximum absolute atomic E-state index is 12.0. The van der Waals surface area contributed by atoms with Gasteiger partial charge in [0.05, 0.1) is 0 Å². The molecule has 0 saturated carbocycles. The van der Waals surface area contributed by atoms with Gasteiger partial charge in [0.1, 0.15) is 0 Å². The van der Waals surface area contributed by atoms with Gasteiger partial charge < -0.3 is 0 Å². The molecule has 1 aromatic carbocycles. The molecule has 0 bridgehead atoms. The van der Waals surface area contributed by atoms with E-state index in [1.165, 1.54) is 5.56 Å². The van der Waals surface area contributed by atoms with Gasteiger partial charge in [0, 0.05) is 11.5 Å². The molecule has 1 nitrogen and oxygen atoms in total. The number of rotatable bonds is 5. The molecule has 0 aliphatic rings. The zero-order valence-corrected chi connectivity index (χ0v) is 10.8. The first kappa shape index (κ1) is 13.0. The third-order valence-corrected chi connectivity index (χ3v) is 3.03. The number of carbonyl (C=O) groups excluding carboxylic acids is 1. The highest BCUT2D eigenvalue weighted by Gasteiger charge is 2.14. The summed E-state index contributed by atoms with van der Waals surface area (Å²) in [6.45, 7) is 8.46. The molecular weight excluding hydrogens is 196 g/mol. The van der Waals surface area contributed by atoms with Crippen LogP contribution in [0, 0.1) is 5.92 Å². The molecule has 1 rings (SSSR count). The van der Waals surface area contributed by atoms with Gasteiger partial charge in [0.15, 0.2) is 5.78 Å². The van der Waals surface area contributed by atoms with E-state index in [-0.39, 0.29) is 11.7 Å². The molecular formula is C15H22O. The summed E-state index contributed by atoms with van der Waals surface area (Å²) < 4.78 is 0. The molecule has 1 heteroatoms. The Labute approximate surface area is 98.9 Å². The van der Waals surface area contributed by atoms with Crippen LogP contribution in [0.1, 0.15) is 62.4 Å². The van der Waals surface area contributed by atoms with Crippen LogP contribution >= 0.6 is 0 Å². The number of Topliss-reactive ketones (excluding diaryl/α,β-unsaturated/α-hetero) is 1. The molecule has 0 heterocycles. The standard InChI is InChI=1S/C15H22O/c1-5-6-12(4)15(16)14-9-7-13(8-10-14)11(2)3/h7-12H,5-6H2,1-4H3. The second-order valence-corrected chi connectivity index (χ2v) is 4.83. The van der Waals surface area contributed by atoms with Crippen LogP contribution in [0.5, 0.6) is 0 Å². The zero-order valence-electron chi connectivity index (χ0n) is 10.8. The summed E-state index contributed by atoms with van der Waals surface area (Å²) in [4.78, 5) is 12.0. The van der Waals surface area contributed by atoms with Crippen LogP contribution in [-0.2, 0) is 0 Å². The van der Waals surface area contributed by atoms with Crippen molar-refractivity contribution in [3.8, 4) is 0 Å². The molecule has 0 fully saturated rings. The molecule has 0 spiro atoms. The normalized spacial score (nSPS) is 12.8. The number of hydrogen-bond acceptors (Lipinski definition) is 1. The highest BCUT2D eigenvalue weighted by Crippen LogP contribution is 2.18. The van der Waals surface area contributed by atoms with Gasteiger partial charge in [-0.05, 0) is 17.9 Å². The Morgan fingerprint density at radius 3 is 2.12 bits per heavy atom. The Kier molecular flexibility index (Phi) is 4.72. The first-order valence-corrected chi connectivity index (χ1v) is 6.20. The lowest BCUT2D eigenvalue weighted by molar-refractivity contribution is 0.0923. The van der Waals surface area contributed by atoms with E-state index < -0.39 is 0 Å². The van der Waals surface area contributed by atoms with Crippen molar-refractivity contribution in [2.45, 2.75) is 46.5 Å². The van der Waals surface area contributed by atoms with Crippen molar-refractivity contribution in [3.63, 3.8) is 0 Å². The number of ketones is 1. The highest BCUT2D eigenvalue weighted by atomic mass is 16.1. The van der Waals surface area contributed by atoms with Gasteiger partial charge in [-0.25, -0.2) is 0 Å². The fourth-order valence-electron chi connectivity index (χ4n) is 1.88. The maximum atomic E-state index is 12.0. The van der Waals surface area contributed by atoms with Crippen LogP contribution in [0.25, 0.3) is 0 Å². The summed E-state index contributed by atoms with van der Waals surface area (Å²) in [6, 6.07) is 8.06. The average Bonchev–Trinajstić information content (AvgIpc) is 2.28. The van der Waals surface area contributed by atoms with Crippen LogP contribution in [0.3, 0.4) is 0 Å². The predicted octanol–water partition coefficient (Wildman–Crippen LogP) is 4.43. The van der Waals surface area contributed by atoms with E-state index in [2.05, 4.69) is 32.9 Å². The van der Waals surface area contributed by atoms with E-state index >= 15 is 0 Å². The zero-order chi connectivity index (χ0) is 12.1. The van der Waals surface area contributed by atoms with E-state index in [0.717, 1.165) is 18.4 Å². The number of carbonyl (C=O) groups is 1. The van der Waals surface area contributed by atoms with E-state index in [0.29, 0.717) is 5.92 Å². The lowest BCUT2D eigenvalue weighted by atomic mass is 9.93. The van der Waals surface area contributed by atoms with E-state index in [4.69, 9.17) is 0 Å². The first-order valence-electron chi connectivity index (χ1n) is 6.20. The van der Waals surface area contributed by atoms with Gasteiger partial charge in [-0.2, -0.15) is 0 Å². The molecule has 0 N–H and O–H groups in total. The summed E-state index contributed by atoms with van der Waals surface area (Å²) in [7, 11) is 0. The molecule has 0 amide bonds. The Hall–Kier alpha value is -1.11. The second kappa shape index (κ2) is 5.83. The molecule has 0 saturated heterocycles. The summed E-state index contributed by atoms with van der Waals surface area (Å²) in [5, 5.41) is 0. The summed E-state index contributed by atoms with van der Waals surface area (Å²) in [6.07, 6.45) is 2.04. The lowest BCUT2D eigenvalue weighted by Crippen LogP contribution is -2.10. The minimum atomic E-state index is 0.148. The van der Waals surface area contributed by atoms with Gasteiger partial charge in [0.25, 0.3) is 0 Å². The maximum Gasteiger partial charge on any atom is 0.165 e. The van der Waals surface area contributed by atoms with Crippen LogP contribution in [0.15, 0.2) is 24.3 Å². The molecule has 1 atom stereocenters. The van der Waals surface area contributed by atoms with E-state index in [1.807, 2.05) is 19.1 Å². The second-order valence-electron chi connectivity index (χ2n) is 4.83. The largest absolute Gasteiger partial charge is 0.294 e. The van der Waals surface area contributed by atoms with Crippen LogP contribution in [-0.4, -0.2) is 5.78 Å². The Balaban J connectivity index is 2.77. The minimum absolute atomic E-state index is 0.148. The average molecular weight is 218 g/mol. The summed E-state index contributed by atoms with van der Waals surface area (Å²) >= 11 is 0. The minimum Gasteiger partial charge on any atom is -0.294 e. The van der Waals surface area contributed by atoms with Gasteiger partial charge >= 0.3 is 0 Å². The van der Waals surface area contributed by atoms with Crippen molar-refractivity contribution in [3.05, 3.63) is 35.4 Å². The van der Waals surface area contributed by atoms with Crippen molar-refractivity contribution < 1.29 is 4.79 Å². The predicted molar refractivity (Wildman–Crippen MR) is 68.9 cm³/mol. The Bertz CT molecular complexity index is 335. The first-order chi connectivity index (χ1) is 7.56. The van der Waals surface area contributed by atoms with Crippen molar-refractivity contribution >= 4 is 5.78 Å². The molecule has 0 aliphatic carbocycles. The van der Waals surface area contributed by atoms with Crippen LogP contribution in [0.2, 0.25) is 0 Å². The molecule has 0 radical (unpaired) electrons. The molecule has 16 heavy (non-hydrogen) atoms. The molecule has 0 aromatic heterocycles. The third-order valence-electron chi connectivity index (χ3n) is 3.03. The van der Waals surface area contributed by atoms with Crippen LogP contribution in [0.4, 0.5) is 0 Å². The quantitative estimate of drug-likeness (QED) is 0.668. The molecule has 1 unspecified atom stereocenters. The number of hydrogen-bond donors (Lipinski definition) is 0. The van der Waals surface area contributed by atoms with Crippen LogP contribution < -0.4 is 0 Å². The molecule has 0 aliphatic heterocycles. The van der Waals surface area contributed by atoms with E-state index in [9.17, 15) is 4.79 Å².